The van der Waals surface area contributed by atoms with Gasteiger partial charge in [0, 0.05) is 12.6 Å². The third-order valence-corrected chi connectivity index (χ3v) is 5.43. The number of aromatic nitrogens is 2. The molecule has 2 aromatic heterocycles. The molecule has 2 aliphatic rings. The van der Waals surface area contributed by atoms with Crippen LogP contribution in [0.25, 0.3) is 10.2 Å². The van der Waals surface area contributed by atoms with Crippen LogP contribution >= 0.6 is 11.3 Å². The first-order chi connectivity index (χ1) is 9.85. The molecule has 1 saturated heterocycles. The molecule has 2 aromatic rings. The summed E-state index contributed by atoms with van der Waals surface area (Å²) in [5.74, 6) is 0.983. The van der Waals surface area contributed by atoms with E-state index in [-0.39, 0.29) is 5.60 Å². The number of thiophene rings is 1. The first-order valence-electron chi connectivity index (χ1n) is 7.43. The zero-order valence-corrected chi connectivity index (χ0v) is 12.3. The first-order valence-corrected chi connectivity index (χ1v) is 8.31. The monoisotopic (exact) mass is 289 g/mol. The normalized spacial score (nSPS) is 25.3. The van der Waals surface area contributed by atoms with Gasteiger partial charge in [0.1, 0.15) is 17.0 Å². The Morgan fingerprint density at radius 3 is 3.10 bits per heavy atom. The number of rotatable bonds is 2. The molecular weight excluding hydrogens is 270 g/mol. The minimum absolute atomic E-state index is 0.150. The predicted octanol–water partition coefficient (Wildman–Crippen LogP) is 3.60. The number of hydrogen-bond donors (Lipinski definition) is 1. The van der Waals surface area contributed by atoms with Crippen LogP contribution in [0.15, 0.2) is 17.8 Å². The lowest BCUT2D eigenvalue weighted by Crippen LogP contribution is -2.42. The molecule has 1 aliphatic heterocycles. The minimum atomic E-state index is 0.150. The highest BCUT2D eigenvalue weighted by atomic mass is 32.1. The van der Waals surface area contributed by atoms with Crippen LogP contribution in [0, 0.1) is 0 Å². The van der Waals surface area contributed by atoms with Crippen molar-refractivity contribution in [2.24, 2.45) is 0 Å². The number of nitrogens with one attached hydrogen (secondary N) is 1. The van der Waals surface area contributed by atoms with Crippen LogP contribution in [-0.2, 0) is 4.74 Å². The molecule has 1 spiro atoms. The topological polar surface area (TPSA) is 47.0 Å². The fourth-order valence-electron chi connectivity index (χ4n) is 3.62. The quantitative estimate of drug-likeness (QED) is 0.917. The maximum absolute atomic E-state index is 6.10. The fourth-order valence-corrected chi connectivity index (χ4v) is 4.35. The molecule has 1 saturated carbocycles. The van der Waals surface area contributed by atoms with Gasteiger partial charge < -0.3 is 10.1 Å². The van der Waals surface area contributed by atoms with Gasteiger partial charge in [0.2, 0.25) is 0 Å². The van der Waals surface area contributed by atoms with Crippen LogP contribution in [0.2, 0.25) is 0 Å². The second kappa shape index (κ2) is 4.97. The molecule has 2 fully saturated rings. The van der Waals surface area contributed by atoms with Gasteiger partial charge in [-0.05, 0) is 37.1 Å². The maximum Gasteiger partial charge on any atom is 0.138 e. The average molecular weight is 289 g/mol. The number of hydrogen-bond acceptors (Lipinski definition) is 5. The standard InChI is InChI=1S/C15H19N3OS/c1-2-6-15(5-1)9-11(3-7-19-15)18-13-12-4-8-20-14(12)17-10-16-13/h4,8,10-11H,1-3,5-7,9H2,(H,16,17,18). The lowest BCUT2D eigenvalue weighted by atomic mass is 9.89. The van der Waals surface area contributed by atoms with Crippen molar-refractivity contribution in [3.05, 3.63) is 17.8 Å². The lowest BCUT2D eigenvalue weighted by Gasteiger charge is -2.38. The Bertz CT molecular complexity index is 606. The Balaban J connectivity index is 1.55. The third-order valence-electron chi connectivity index (χ3n) is 4.61. The smallest absolute Gasteiger partial charge is 0.138 e. The summed E-state index contributed by atoms with van der Waals surface area (Å²) in [4.78, 5) is 9.80. The Hall–Kier alpha value is -1.20. The first kappa shape index (κ1) is 12.5. The third kappa shape index (κ3) is 2.19. The van der Waals surface area contributed by atoms with Crippen molar-refractivity contribution in [2.75, 3.05) is 11.9 Å². The van der Waals surface area contributed by atoms with Crippen LogP contribution in [-0.4, -0.2) is 28.2 Å². The van der Waals surface area contributed by atoms with Crippen molar-refractivity contribution >= 4 is 27.4 Å². The van der Waals surface area contributed by atoms with Gasteiger partial charge in [-0.25, -0.2) is 9.97 Å². The van der Waals surface area contributed by atoms with Crippen molar-refractivity contribution < 1.29 is 4.74 Å². The summed E-state index contributed by atoms with van der Waals surface area (Å²) in [6, 6.07) is 2.58. The van der Waals surface area contributed by atoms with Crippen LogP contribution in [0.1, 0.15) is 38.5 Å². The molecule has 20 heavy (non-hydrogen) atoms. The molecule has 0 aromatic carbocycles. The summed E-state index contributed by atoms with van der Waals surface area (Å²) >= 11 is 1.67. The van der Waals surface area contributed by atoms with E-state index in [9.17, 15) is 0 Å². The molecule has 1 unspecified atom stereocenters. The Labute approximate surface area is 122 Å². The van der Waals surface area contributed by atoms with E-state index < -0.39 is 0 Å². The van der Waals surface area contributed by atoms with Gasteiger partial charge in [-0.15, -0.1) is 11.3 Å². The number of ether oxygens (including phenoxy) is 1. The van der Waals surface area contributed by atoms with Crippen molar-refractivity contribution in [3.8, 4) is 0 Å². The zero-order chi connectivity index (χ0) is 13.4. The Kier molecular flexibility index (Phi) is 3.11. The van der Waals surface area contributed by atoms with Gasteiger partial charge in [0.15, 0.2) is 0 Å². The highest BCUT2D eigenvalue weighted by molar-refractivity contribution is 7.16. The number of nitrogens with zero attached hydrogens (tertiary/aromatic N) is 2. The second-order valence-electron chi connectivity index (χ2n) is 5.93. The molecule has 1 N–H and O–H groups in total. The van der Waals surface area contributed by atoms with E-state index in [0.717, 1.165) is 35.5 Å². The maximum atomic E-state index is 6.10. The molecular formula is C15H19N3OS. The summed E-state index contributed by atoms with van der Waals surface area (Å²) in [5, 5.41) is 6.86. The molecule has 0 radical (unpaired) electrons. The molecule has 4 nitrogen and oxygen atoms in total. The van der Waals surface area contributed by atoms with E-state index in [4.69, 9.17) is 4.74 Å². The van der Waals surface area contributed by atoms with E-state index in [2.05, 4.69) is 26.7 Å². The van der Waals surface area contributed by atoms with E-state index in [0.29, 0.717) is 6.04 Å². The van der Waals surface area contributed by atoms with Crippen molar-refractivity contribution in [1.29, 1.82) is 0 Å². The molecule has 4 rings (SSSR count). The second-order valence-corrected chi connectivity index (χ2v) is 6.83. The van der Waals surface area contributed by atoms with Gasteiger partial charge in [-0.3, -0.25) is 0 Å². The number of anilines is 1. The summed E-state index contributed by atoms with van der Waals surface area (Å²) in [5.41, 5.74) is 0.150. The van der Waals surface area contributed by atoms with E-state index in [1.807, 2.05) is 0 Å². The largest absolute Gasteiger partial charge is 0.375 e. The van der Waals surface area contributed by atoms with Crippen molar-refractivity contribution in [3.63, 3.8) is 0 Å². The minimum Gasteiger partial charge on any atom is -0.375 e. The zero-order valence-electron chi connectivity index (χ0n) is 11.5. The van der Waals surface area contributed by atoms with E-state index in [1.54, 1.807) is 17.7 Å². The lowest BCUT2D eigenvalue weighted by molar-refractivity contribution is -0.0767. The van der Waals surface area contributed by atoms with Crippen LogP contribution in [0.3, 0.4) is 0 Å². The summed E-state index contributed by atoms with van der Waals surface area (Å²) in [7, 11) is 0. The van der Waals surface area contributed by atoms with Gasteiger partial charge in [0.25, 0.3) is 0 Å². The van der Waals surface area contributed by atoms with Gasteiger partial charge in [0.05, 0.1) is 11.0 Å². The summed E-state index contributed by atoms with van der Waals surface area (Å²) < 4.78 is 6.10. The molecule has 0 amide bonds. The average Bonchev–Trinajstić information content (AvgIpc) is 3.09. The Morgan fingerprint density at radius 2 is 2.20 bits per heavy atom. The summed E-state index contributed by atoms with van der Waals surface area (Å²) in [6.07, 6.45) is 8.92. The van der Waals surface area contributed by atoms with Gasteiger partial charge >= 0.3 is 0 Å². The van der Waals surface area contributed by atoms with Gasteiger partial charge in [-0.1, -0.05) is 12.8 Å². The van der Waals surface area contributed by atoms with Crippen LogP contribution in [0.4, 0.5) is 5.82 Å². The van der Waals surface area contributed by atoms with Crippen LogP contribution < -0.4 is 5.32 Å². The Morgan fingerprint density at radius 1 is 1.30 bits per heavy atom. The summed E-state index contributed by atoms with van der Waals surface area (Å²) in [6.45, 7) is 0.871. The van der Waals surface area contributed by atoms with Crippen molar-refractivity contribution in [2.45, 2.75) is 50.2 Å². The van der Waals surface area contributed by atoms with E-state index in [1.165, 1.54) is 25.7 Å². The van der Waals surface area contributed by atoms with Gasteiger partial charge in [-0.2, -0.15) is 0 Å². The highest BCUT2D eigenvalue weighted by Crippen LogP contribution is 2.40. The molecule has 0 bridgehead atoms. The van der Waals surface area contributed by atoms with Crippen LogP contribution in [0.5, 0.6) is 0 Å². The molecule has 106 valence electrons. The predicted molar refractivity (Wildman–Crippen MR) is 81.2 cm³/mol. The molecule has 1 atom stereocenters. The number of fused-ring (bicyclic) bond motifs is 1. The SMILES string of the molecule is c1nc(NC2CCOC3(CCCC3)C2)c2ccsc2n1. The van der Waals surface area contributed by atoms with Crippen molar-refractivity contribution in [1.82, 2.24) is 9.97 Å². The molecule has 3 heterocycles. The fraction of sp³-hybridized carbons (Fsp3) is 0.600. The molecule has 1 aliphatic carbocycles. The highest BCUT2D eigenvalue weighted by Gasteiger charge is 2.40. The van der Waals surface area contributed by atoms with E-state index >= 15 is 0 Å². The molecule has 5 heteroatoms.